The van der Waals surface area contributed by atoms with Gasteiger partial charge in [0.05, 0.1) is 5.69 Å². The van der Waals surface area contributed by atoms with Crippen molar-refractivity contribution in [3.05, 3.63) is 101 Å². The van der Waals surface area contributed by atoms with Crippen LogP contribution < -0.4 is 4.74 Å². The second-order valence-electron chi connectivity index (χ2n) is 8.96. The lowest BCUT2D eigenvalue weighted by Gasteiger charge is -2.41. The predicted molar refractivity (Wildman–Crippen MR) is 124 cm³/mol. The van der Waals surface area contributed by atoms with Crippen LogP contribution >= 0.6 is 0 Å². The molecule has 0 bridgehead atoms. The van der Waals surface area contributed by atoms with Crippen molar-refractivity contribution in [2.75, 3.05) is 0 Å². The van der Waals surface area contributed by atoms with Gasteiger partial charge in [-0.05, 0) is 54.0 Å². The molecule has 4 aromatic rings. The van der Waals surface area contributed by atoms with E-state index in [4.69, 9.17) is 4.74 Å². The molecule has 2 nitrogen and oxygen atoms in total. The van der Waals surface area contributed by atoms with Crippen LogP contribution in [-0.2, 0) is 0 Å². The molecule has 1 N–H and O–H groups in total. The van der Waals surface area contributed by atoms with Crippen LogP contribution in [0.4, 0.5) is 0 Å². The van der Waals surface area contributed by atoms with Crippen LogP contribution in [0.25, 0.3) is 10.9 Å². The fourth-order valence-electron chi connectivity index (χ4n) is 5.20. The Bertz CT molecular complexity index is 1160. The van der Waals surface area contributed by atoms with E-state index < -0.39 is 0 Å². The van der Waals surface area contributed by atoms with Crippen LogP contribution in [0.15, 0.2) is 78.9 Å². The lowest BCUT2D eigenvalue weighted by Crippen LogP contribution is -2.30. The standard InChI is InChI=1S/C28H29NO/c1-18(2)17-23-22-14-8-10-16-25(22)30-28(26(23)20-11-5-4-6-12-20)27-19(3)21-13-7-9-15-24(21)29-27/h4-16,18,23,26,28-29H,17H2,1-3H3/t23-,26-,28-/m1/s1. The number of hydrogen-bond acceptors (Lipinski definition) is 1. The third-order valence-electron chi connectivity index (χ3n) is 6.53. The number of H-pyrrole nitrogens is 1. The van der Waals surface area contributed by atoms with E-state index in [1.54, 1.807) is 0 Å². The summed E-state index contributed by atoms with van der Waals surface area (Å²) in [4.78, 5) is 3.71. The van der Waals surface area contributed by atoms with Crippen molar-refractivity contribution in [3.8, 4) is 5.75 Å². The maximum absolute atomic E-state index is 6.78. The number of rotatable bonds is 4. The molecule has 0 aliphatic carbocycles. The van der Waals surface area contributed by atoms with Gasteiger partial charge in [-0.1, -0.05) is 80.6 Å². The molecule has 1 aliphatic rings. The van der Waals surface area contributed by atoms with E-state index in [1.165, 1.54) is 33.3 Å². The molecule has 2 heterocycles. The maximum Gasteiger partial charge on any atom is 0.146 e. The first-order chi connectivity index (χ1) is 14.6. The zero-order chi connectivity index (χ0) is 20.7. The normalized spacial score (nSPS) is 20.9. The van der Waals surface area contributed by atoms with Crippen molar-refractivity contribution in [2.24, 2.45) is 5.92 Å². The van der Waals surface area contributed by atoms with Gasteiger partial charge in [-0.15, -0.1) is 0 Å². The molecular formula is C28H29NO. The van der Waals surface area contributed by atoms with Crippen LogP contribution in [-0.4, -0.2) is 4.98 Å². The molecule has 0 saturated heterocycles. The first-order valence-electron chi connectivity index (χ1n) is 11.0. The van der Waals surface area contributed by atoms with Crippen molar-refractivity contribution in [3.63, 3.8) is 0 Å². The molecule has 5 rings (SSSR count). The Morgan fingerprint density at radius 3 is 2.33 bits per heavy atom. The third-order valence-corrected chi connectivity index (χ3v) is 6.53. The van der Waals surface area contributed by atoms with Gasteiger partial charge < -0.3 is 9.72 Å². The van der Waals surface area contributed by atoms with Gasteiger partial charge in [-0.2, -0.15) is 0 Å². The van der Waals surface area contributed by atoms with E-state index in [0.29, 0.717) is 11.8 Å². The van der Waals surface area contributed by atoms with E-state index in [1.807, 2.05) is 0 Å². The second kappa shape index (κ2) is 7.68. The van der Waals surface area contributed by atoms with E-state index in [9.17, 15) is 0 Å². The molecule has 3 aromatic carbocycles. The average Bonchev–Trinajstić information content (AvgIpc) is 3.10. The molecule has 152 valence electrons. The first kappa shape index (κ1) is 19.0. The summed E-state index contributed by atoms with van der Waals surface area (Å²) in [5, 5.41) is 1.28. The van der Waals surface area contributed by atoms with Gasteiger partial charge in [-0.3, -0.25) is 0 Å². The van der Waals surface area contributed by atoms with Crippen LogP contribution in [0.1, 0.15) is 60.6 Å². The summed E-state index contributed by atoms with van der Waals surface area (Å²) in [5.41, 5.74) is 6.36. The van der Waals surface area contributed by atoms with Crippen molar-refractivity contribution < 1.29 is 4.74 Å². The van der Waals surface area contributed by atoms with Gasteiger partial charge in [0.1, 0.15) is 11.9 Å². The van der Waals surface area contributed by atoms with Crippen molar-refractivity contribution in [1.82, 2.24) is 4.98 Å². The van der Waals surface area contributed by atoms with Crippen LogP contribution in [0.3, 0.4) is 0 Å². The molecule has 0 radical (unpaired) electrons. The Balaban J connectivity index is 1.72. The Labute approximate surface area is 178 Å². The topological polar surface area (TPSA) is 25.0 Å². The molecule has 1 aromatic heterocycles. The lowest BCUT2D eigenvalue weighted by molar-refractivity contribution is 0.122. The highest BCUT2D eigenvalue weighted by Crippen LogP contribution is 2.53. The number of aromatic nitrogens is 1. The summed E-state index contributed by atoms with van der Waals surface area (Å²) in [5.74, 6) is 2.30. The zero-order valence-corrected chi connectivity index (χ0v) is 17.9. The van der Waals surface area contributed by atoms with Gasteiger partial charge in [-0.25, -0.2) is 0 Å². The number of ether oxygens (including phenoxy) is 1. The van der Waals surface area contributed by atoms with E-state index in [-0.39, 0.29) is 12.0 Å². The van der Waals surface area contributed by atoms with E-state index in [0.717, 1.165) is 12.2 Å². The first-order valence-corrected chi connectivity index (χ1v) is 11.0. The Kier molecular flexibility index (Phi) is 4.86. The highest BCUT2D eigenvalue weighted by molar-refractivity contribution is 5.84. The highest BCUT2D eigenvalue weighted by atomic mass is 16.5. The summed E-state index contributed by atoms with van der Waals surface area (Å²) in [6, 6.07) is 28.1. The fraction of sp³-hybridized carbons (Fsp3) is 0.286. The quantitative estimate of drug-likeness (QED) is 0.380. The molecular weight excluding hydrogens is 366 g/mol. The van der Waals surface area contributed by atoms with Crippen LogP contribution in [0.2, 0.25) is 0 Å². The monoisotopic (exact) mass is 395 g/mol. The van der Waals surface area contributed by atoms with Crippen molar-refractivity contribution >= 4 is 10.9 Å². The summed E-state index contributed by atoms with van der Waals surface area (Å²) >= 11 is 0. The molecule has 30 heavy (non-hydrogen) atoms. The van der Waals surface area contributed by atoms with Gasteiger partial charge in [0, 0.05) is 16.8 Å². The lowest BCUT2D eigenvalue weighted by atomic mass is 9.71. The molecule has 0 fully saturated rings. The smallest absolute Gasteiger partial charge is 0.146 e. The van der Waals surface area contributed by atoms with Crippen LogP contribution in [0, 0.1) is 12.8 Å². The van der Waals surface area contributed by atoms with Crippen molar-refractivity contribution in [1.29, 1.82) is 0 Å². The minimum atomic E-state index is -0.0431. The zero-order valence-electron chi connectivity index (χ0n) is 17.9. The molecule has 2 heteroatoms. The van der Waals surface area contributed by atoms with Gasteiger partial charge >= 0.3 is 0 Å². The SMILES string of the molecule is Cc1c([C@@H]2Oc3ccccc3[C@@H](CC(C)C)[C@H]2c2ccccc2)[nH]c2ccccc12. The van der Waals surface area contributed by atoms with Crippen LogP contribution in [0.5, 0.6) is 5.75 Å². The Hall–Kier alpha value is -3.00. The number of fused-ring (bicyclic) bond motifs is 2. The van der Waals surface area contributed by atoms with E-state index in [2.05, 4.69) is 105 Å². The molecule has 1 aliphatic heterocycles. The van der Waals surface area contributed by atoms with Gasteiger partial charge in [0.25, 0.3) is 0 Å². The van der Waals surface area contributed by atoms with E-state index >= 15 is 0 Å². The number of aromatic amines is 1. The van der Waals surface area contributed by atoms with Gasteiger partial charge in [0.2, 0.25) is 0 Å². The molecule has 0 spiro atoms. The summed E-state index contributed by atoms with van der Waals surface area (Å²) < 4.78 is 6.78. The number of nitrogens with one attached hydrogen (secondary N) is 1. The minimum absolute atomic E-state index is 0.0431. The largest absolute Gasteiger partial charge is 0.483 e. The summed E-state index contributed by atoms with van der Waals surface area (Å²) in [7, 11) is 0. The molecule has 3 atom stereocenters. The van der Waals surface area contributed by atoms with Crippen molar-refractivity contribution in [2.45, 2.75) is 45.1 Å². The Morgan fingerprint density at radius 2 is 1.57 bits per heavy atom. The number of para-hydroxylation sites is 2. The second-order valence-corrected chi connectivity index (χ2v) is 8.96. The fourth-order valence-corrected chi connectivity index (χ4v) is 5.20. The predicted octanol–water partition coefficient (Wildman–Crippen LogP) is 7.52. The number of benzene rings is 3. The van der Waals surface area contributed by atoms with Gasteiger partial charge in [0.15, 0.2) is 0 Å². The molecule has 0 unspecified atom stereocenters. The third kappa shape index (κ3) is 3.21. The average molecular weight is 396 g/mol. The maximum atomic E-state index is 6.78. The molecule has 0 amide bonds. The number of hydrogen-bond donors (Lipinski definition) is 1. The number of aryl methyl sites for hydroxylation is 1. The Morgan fingerprint density at radius 1 is 0.867 bits per heavy atom. The summed E-state index contributed by atoms with van der Waals surface area (Å²) in [6.45, 7) is 6.87. The minimum Gasteiger partial charge on any atom is -0.483 e. The summed E-state index contributed by atoms with van der Waals surface area (Å²) in [6.07, 6.45) is 1.09. The highest BCUT2D eigenvalue weighted by Gasteiger charge is 2.41. The molecule has 0 saturated carbocycles.